The smallest absolute Gasteiger partial charge is 0.212 e. The topological polar surface area (TPSA) is 40.4 Å². The van der Waals surface area contributed by atoms with E-state index in [0.29, 0.717) is 0 Å². The van der Waals surface area contributed by atoms with Crippen molar-refractivity contribution in [1.82, 2.24) is 0 Å². The Morgan fingerprint density at radius 2 is 1.52 bits per heavy atom. The summed E-state index contributed by atoms with van der Waals surface area (Å²) in [4.78, 5) is 0. The van der Waals surface area contributed by atoms with Crippen molar-refractivity contribution >= 4 is 17.1 Å². The monoisotopic (exact) mass is 463 g/mol. The summed E-state index contributed by atoms with van der Waals surface area (Å²) in [7, 11) is 0. The first-order chi connectivity index (χ1) is 11.4. The van der Waals surface area contributed by atoms with E-state index in [9.17, 15) is 0 Å². The van der Waals surface area contributed by atoms with E-state index < -0.39 is 0 Å². The molecule has 0 fully saturated rings. The van der Waals surface area contributed by atoms with Gasteiger partial charge in [-0.15, -0.1) is 0 Å². The van der Waals surface area contributed by atoms with Gasteiger partial charge < -0.3 is 39.2 Å². The molecule has 1 N–H and O–H groups in total. The fourth-order valence-electron chi connectivity index (χ4n) is 2.51. The highest BCUT2D eigenvalue weighted by atomic mass is 79.9. The molecule has 0 bridgehead atoms. The highest BCUT2D eigenvalue weighted by molar-refractivity contribution is 5.78. The van der Waals surface area contributed by atoms with Gasteiger partial charge in [-0.25, -0.2) is 4.57 Å². The van der Waals surface area contributed by atoms with E-state index in [1.807, 2.05) is 24.5 Å². The Labute approximate surface area is 168 Å². The first-order valence-electron chi connectivity index (χ1n) is 7.55. The summed E-state index contributed by atoms with van der Waals surface area (Å²) in [5, 5.41) is 12.8. The normalized spacial score (nSPS) is 10.7. The van der Waals surface area contributed by atoms with Crippen LogP contribution in [0.2, 0.25) is 0 Å². The average molecular weight is 465 g/mol. The predicted octanol–water partition coefficient (Wildman–Crippen LogP) is -3.51. The third-order valence-corrected chi connectivity index (χ3v) is 3.70. The lowest BCUT2D eigenvalue weighted by atomic mass is 10.2. The van der Waals surface area contributed by atoms with Gasteiger partial charge in [-0.2, -0.15) is 4.57 Å². The highest BCUT2D eigenvalue weighted by Crippen LogP contribution is 2.07. The van der Waals surface area contributed by atoms with Gasteiger partial charge in [-0.3, -0.25) is 0 Å². The molecule has 6 heteroatoms. The minimum absolute atomic E-state index is 0. The lowest BCUT2D eigenvalue weighted by Gasteiger charge is -1.98. The molecule has 0 radical (unpaired) electrons. The van der Waals surface area contributed by atoms with Crippen LogP contribution >= 0.6 is 0 Å². The Balaban J connectivity index is 0.00000156. The van der Waals surface area contributed by atoms with Crippen molar-refractivity contribution in [3.05, 3.63) is 84.8 Å². The van der Waals surface area contributed by atoms with Crippen molar-refractivity contribution in [2.24, 2.45) is 5.16 Å². The number of benzene rings is 1. The van der Waals surface area contributed by atoms with Crippen molar-refractivity contribution in [3.8, 4) is 0 Å². The van der Waals surface area contributed by atoms with Gasteiger partial charge >= 0.3 is 0 Å². The second-order valence-electron chi connectivity index (χ2n) is 5.26. The van der Waals surface area contributed by atoms with Gasteiger partial charge in [-0.05, 0) is 24.3 Å². The number of fused-ring (bicyclic) bond motifs is 1. The van der Waals surface area contributed by atoms with Crippen molar-refractivity contribution < 1.29 is 48.3 Å². The quantitative estimate of drug-likeness (QED) is 0.137. The molecule has 3 rings (SSSR count). The van der Waals surface area contributed by atoms with Crippen molar-refractivity contribution in [2.75, 3.05) is 0 Å². The summed E-state index contributed by atoms with van der Waals surface area (Å²) in [5.74, 6) is 0. The van der Waals surface area contributed by atoms with Crippen LogP contribution in [0.3, 0.4) is 0 Å². The molecule has 0 aliphatic carbocycles. The lowest BCUT2D eigenvalue weighted by molar-refractivity contribution is -0.687. The number of nitrogens with zero attached hydrogens (tertiary/aromatic N) is 3. The Morgan fingerprint density at radius 1 is 0.840 bits per heavy atom. The van der Waals surface area contributed by atoms with Crippen LogP contribution in [0.15, 0.2) is 84.4 Å². The summed E-state index contributed by atoms with van der Waals surface area (Å²) >= 11 is 0. The van der Waals surface area contributed by atoms with Crippen LogP contribution < -0.4 is 43.1 Å². The van der Waals surface area contributed by atoms with Crippen LogP contribution in [0, 0.1) is 0 Å². The van der Waals surface area contributed by atoms with Crippen molar-refractivity contribution in [3.63, 3.8) is 0 Å². The van der Waals surface area contributed by atoms with E-state index in [2.05, 4.69) is 69.0 Å². The molecular formula is C19H19Br2N3O. The summed E-state index contributed by atoms with van der Waals surface area (Å²) in [5.41, 5.74) is 2.11. The molecule has 25 heavy (non-hydrogen) atoms. The van der Waals surface area contributed by atoms with Crippen molar-refractivity contribution in [1.29, 1.82) is 0 Å². The van der Waals surface area contributed by atoms with E-state index >= 15 is 0 Å². The summed E-state index contributed by atoms with van der Waals surface area (Å²) in [6, 6.07) is 16.4. The van der Waals surface area contributed by atoms with E-state index in [-0.39, 0.29) is 34.0 Å². The zero-order valence-electron chi connectivity index (χ0n) is 13.5. The Hall–Kier alpha value is -2.05. The van der Waals surface area contributed by atoms with Gasteiger partial charge in [0.15, 0.2) is 31.7 Å². The number of para-hydroxylation sites is 1. The van der Waals surface area contributed by atoms with Crippen LogP contribution in [-0.2, 0) is 13.1 Å². The Kier molecular flexibility index (Phi) is 9.02. The number of rotatable bonds is 5. The number of pyridine rings is 2. The van der Waals surface area contributed by atoms with Gasteiger partial charge in [0.2, 0.25) is 5.52 Å². The molecular weight excluding hydrogens is 446 g/mol. The first kappa shape index (κ1) is 21.0. The molecule has 0 amide bonds. The second kappa shape index (κ2) is 10.7. The Bertz CT molecular complexity index is 843. The zero-order valence-corrected chi connectivity index (χ0v) is 16.7. The molecule has 0 aliphatic heterocycles. The maximum atomic E-state index is 8.49. The average Bonchev–Trinajstić information content (AvgIpc) is 2.60. The minimum atomic E-state index is 0. The largest absolute Gasteiger partial charge is 1.00 e. The first-order valence-corrected chi connectivity index (χ1v) is 7.55. The number of oxime groups is 1. The van der Waals surface area contributed by atoms with Gasteiger partial charge in [0.05, 0.1) is 6.21 Å². The van der Waals surface area contributed by atoms with Gasteiger partial charge in [0.25, 0.3) is 0 Å². The summed E-state index contributed by atoms with van der Waals surface area (Å²) < 4.78 is 4.30. The molecule has 2 aromatic heterocycles. The lowest BCUT2D eigenvalue weighted by Crippen LogP contribution is -3.00. The molecule has 0 saturated carbocycles. The van der Waals surface area contributed by atoms with Crippen LogP contribution in [0.4, 0.5) is 0 Å². The van der Waals surface area contributed by atoms with Gasteiger partial charge in [-0.1, -0.05) is 17.3 Å². The molecule has 2 heterocycles. The molecule has 130 valence electrons. The third-order valence-electron chi connectivity index (χ3n) is 3.70. The standard InChI is InChI=1S/C19H18N3O.2BrH/c23-20-16-17-9-14-21(15-10-17)11-3-4-12-22-13-5-7-18-6-1-2-8-19(18)22;;/h1-10,13-16H,11-12H2;2*1H/q+1;;/p-1/b4-3+;;. The fourth-order valence-corrected chi connectivity index (χ4v) is 2.51. The van der Waals surface area contributed by atoms with Gasteiger partial charge in [0, 0.05) is 35.2 Å². The molecule has 0 unspecified atom stereocenters. The number of hydrogen-bond donors (Lipinski definition) is 1. The maximum Gasteiger partial charge on any atom is 0.212 e. The summed E-state index contributed by atoms with van der Waals surface area (Å²) in [6.45, 7) is 1.65. The van der Waals surface area contributed by atoms with E-state index in [1.165, 1.54) is 17.1 Å². The molecule has 3 aromatic rings. The fraction of sp³-hybridized carbons (Fsp3) is 0.105. The number of hydrogen-bond acceptors (Lipinski definition) is 2. The predicted molar refractivity (Wildman–Crippen MR) is 89.3 cm³/mol. The second-order valence-corrected chi connectivity index (χ2v) is 5.26. The van der Waals surface area contributed by atoms with Gasteiger partial charge in [0.1, 0.15) is 0 Å². The number of allylic oxidation sites excluding steroid dienone is 2. The summed E-state index contributed by atoms with van der Waals surface area (Å²) in [6.07, 6.45) is 11.8. The van der Waals surface area contributed by atoms with Crippen LogP contribution in [-0.4, -0.2) is 11.4 Å². The minimum Gasteiger partial charge on any atom is -1.00 e. The molecule has 0 saturated heterocycles. The maximum absolute atomic E-state index is 8.49. The zero-order chi connectivity index (χ0) is 15.9. The van der Waals surface area contributed by atoms with E-state index in [4.69, 9.17) is 5.21 Å². The SMILES string of the molecule is O/N=C\c1cc[n+](C/C=C/C[n+]2cccc3ccccc32)cc1.[Br-].[Br-]. The van der Waals surface area contributed by atoms with Crippen molar-refractivity contribution in [2.45, 2.75) is 13.1 Å². The van der Waals surface area contributed by atoms with Crippen LogP contribution in [0.25, 0.3) is 10.9 Å². The molecule has 4 nitrogen and oxygen atoms in total. The van der Waals surface area contributed by atoms with E-state index in [1.54, 1.807) is 0 Å². The van der Waals surface area contributed by atoms with E-state index in [0.717, 1.165) is 18.7 Å². The molecule has 1 aromatic carbocycles. The highest BCUT2D eigenvalue weighted by Gasteiger charge is 2.05. The van der Waals surface area contributed by atoms with Crippen LogP contribution in [0.1, 0.15) is 5.56 Å². The number of halogens is 2. The molecule has 0 spiro atoms. The Morgan fingerprint density at radius 3 is 2.28 bits per heavy atom. The number of aromatic nitrogens is 2. The van der Waals surface area contributed by atoms with Crippen LogP contribution in [0.5, 0.6) is 0 Å². The third kappa shape index (κ3) is 5.76. The molecule has 0 aliphatic rings. The molecule has 0 atom stereocenters.